The van der Waals surface area contributed by atoms with E-state index in [1.807, 2.05) is 19.9 Å². The minimum absolute atomic E-state index is 0.0152. The number of benzene rings is 1. The fourth-order valence-corrected chi connectivity index (χ4v) is 3.61. The number of hydrogen-bond acceptors (Lipinski definition) is 6. The van der Waals surface area contributed by atoms with Crippen LogP contribution in [-0.2, 0) is 16.7 Å². The fourth-order valence-electron chi connectivity index (χ4n) is 3.61. The normalized spacial score (nSPS) is 20.6. The molecule has 2 N–H and O–H groups in total. The Labute approximate surface area is 162 Å². The molecule has 0 aliphatic carbocycles. The van der Waals surface area contributed by atoms with Crippen molar-refractivity contribution < 1.29 is 13.9 Å². The summed E-state index contributed by atoms with van der Waals surface area (Å²) in [5.41, 5.74) is 5.97. The van der Waals surface area contributed by atoms with Gasteiger partial charge in [0.15, 0.2) is 5.78 Å². The lowest BCUT2D eigenvalue weighted by molar-refractivity contribution is 0.0381. The quantitative estimate of drug-likeness (QED) is 0.821. The molecule has 144 valence electrons. The standard InChI is InChI=1S/C21H21FN4O2/c1-20(2)12-21(3,26-19(24)28-20)15-8-13(4-6-16(15)22)9-18(27)17-7-5-14(10-23)11-25-17/h4-8,11H,9,12H2,1-3H3,(H2,24,26)/t21-/m0/s1. The average molecular weight is 380 g/mol. The Morgan fingerprint density at radius 2 is 2.07 bits per heavy atom. The van der Waals surface area contributed by atoms with E-state index < -0.39 is 17.0 Å². The smallest absolute Gasteiger partial charge is 0.283 e. The number of aliphatic imine (C=N–C) groups is 1. The largest absolute Gasteiger partial charge is 0.459 e. The van der Waals surface area contributed by atoms with Gasteiger partial charge in [-0.3, -0.25) is 9.78 Å². The van der Waals surface area contributed by atoms with Crippen molar-refractivity contribution >= 4 is 11.8 Å². The van der Waals surface area contributed by atoms with Gasteiger partial charge in [-0.2, -0.15) is 5.26 Å². The Hall–Kier alpha value is -3.27. The van der Waals surface area contributed by atoms with E-state index in [0.717, 1.165) is 0 Å². The van der Waals surface area contributed by atoms with Gasteiger partial charge in [-0.25, -0.2) is 9.38 Å². The van der Waals surface area contributed by atoms with Crippen LogP contribution in [0.15, 0.2) is 41.5 Å². The SMILES string of the molecule is CC1(C)C[C@@](C)(c2cc(CC(=O)c3ccc(C#N)cn3)ccc2F)N=C(N)O1. The minimum atomic E-state index is -0.901. The van der Waals surface area contributed by atoms with Crippen LogP contribution in [-0.4, -0.2) is 22.4 Å². The summed E-state index contributed by atoms with van der Waals surface area (Å²) in [6.07, 6.45) is 1.85. The number of pyridine rings is 1. The third-order valence-electron chi connectivity index (χ3n) is 4.66. The summed E-state index contributed by atoms with van der Waals surface area (Å²) < 4.78 is 20.2. The van der Waals surface area contributed by atoms with Crippen LogP contribution in [0.3, 0.4) is 0 Å². The maximum atomic E-state index is 14.6. The van der Waals surface area contributed by atoms with Crippen LogP contribution in [0.2, 0.25) is 0 Å². The highest BCUT2D eigenvalue weighted by atomic mass is 19.1. The molecule has 0 amide bonds. The molecule has 2 heterocycles. The van der Waals surface area contributed by atoms with E-state index in [0.29, 0.717) is 23.1 Å². The zero-order chi connectivity index (χ0) is 20.5. The lowest BCUT2D eigenvalue weighted by atomic mass is 9.80. The molecule has 2 aromatic rings. The minimum Gasteiger partial charge on any atom is -0.459 e. The van der Waals surface area contributed by atoms with Crippen molar-refractivity contribution in [2.45, 2.75) is 44.8 Å². The number of carbonyl (C=O) groups excluding carboxylic acids is 1. The summed E-state index contributed by atoms with van der Waals surface area (Å²) in [4.78, 5) is 20.9. The van der Waals surface area contributed by atoms with E-state index in [1.54, 1.807) is 25.1 Å². The molecular formula is C21H21FN4O2. The van der Waals surface area contributed by atoms with Crippen LogP contribution >= 0.6 is 0 Å². The predicted octanol–water partition coefficient (Wildman–Crippen LogP) is 3.25. The molecule has 0 radical (unpaired) electrons. The number of amidine groups is 1. The lowest BCUT2D eigenvalue weighted by Crippen LogP contribution is -2.44. The number of nitriles is 1. The lowest BCUT2D eigenvalue weighted by Gasteiger charge is -2.39. The van der Waals surface area contributed by atoms with Gasteiger partial charge in [0.05, 0.1) is 11.1 Å². The van der Waals surface area contributed by atoms with Gasteiger partial charge in [0, 0.05) is 24.6 Å². The van der Waals surface area contributed by atoms with Crippen LogP contribution in [0, 0.1) is 17.1 Å². The monoisotopic (exact) mass is 380 g/mol. The fraction of sp³-hybridized carbons (Fsp3) is 0.333. The van der Waals surface area contributed by atoms with E-state index in [2.05, 4.69) is 9.98 Å². The van der Waals surface area contributed by atoms with Gasteiger partial charge in [-0.15, -0.1) is 0 Å². The molecule has 28 heavy (non-hydrogen) atoms. The molecule has 7 heteroatoms. The van der Waals surface area contributed by atoms with E-state index in [9.17, 15) is 9.18 Å². The third-order valence-corrected chi connectivity index (χ3v) is 4.66. The summed E-state index contributed by atoms with van der Waals surface area (Å²) in [6, 6.07) is 9.58. The molecule has 1 aliphatic rings. The molecule has 3 rings (SSSR count). The number of nitrogens with zero attached hydrogens (tertiary/aromatic N) is 3. The van der Waals surface area contributed by atoms with Crippen molar-refractivity contribution in [1.29, 1.82) is 5.26 Å². The Kier molecular flexibility index (Phi) is 4.90. The molecule has 0 bridgehead atoms. The summed E-state index contributed by atoms with van der Waals surface area (Å²) in [6.45, 7) is 5.54. The molecule has 6 nitrogen and oxygen atoms in total. The second kappa shape index (κ2) is 7.04. The Bertz CT molecular complexity index is 992. The Morgan fingerprint density at radius 3 is 2.68 bits per heavy atom. The highest BCUT2D eigenvalue weighted by molar-refractivity contribution is 5.95. The van der Waals surface area contributed by atoms with Gasteiger partial charge in [0.1, 0.15) is 23.2 Å². The second-order valence-corrected chi connectivity index (χ2v) is 7.72. The van der Waals surface area contributed by atoms with Gasteiger partial charge >= 0.3 is 0 Å². The molecule has 0 spiro atoms. The van der Waals surface area contributed by atoms with Crippen LogP contribution in [0.5, 0.6) is 0 Å². The van der Waals surface area contributed by atoms with E-state index in [1.165, 1.54) is 18.3 Å². The van der Waals surface area contributed by atoms with Crippen molar-refractivity contribution in [3.63, 3.8) is 0 Å². The number of carbonyl (C=O) groups is 1. The molecule has 1 aliphatic heterocycles. The molecule has 0 saturated carbocycles. The Morgan fingerprint density at radius 1 is 1.32 bits per heavy atom. The number of hydrogen-bond donors (Lipinski definition) is 1. The average Bonchev–Trinajstić information content (AvgIpc) is 2.61. The van der Waals surface area contributed by atoms with Crippen molar-refractivity contribution in [1.82, 2.24) is 4.98 Å². The first kappa shape index (κ1) is 19.5. The summed E-state index contributed by atoms with van der Waals surface area (Å²) >= 11 is 0. The number of Topliss-reactive ketones (excluding diaryl/α,β-unsaturated/α-hetero) is 1. The number of ketones is 1. The summed E-state index contributed by atoms with van der Waals surface area (Å²) in [7, 11) is 0. The van der Waals surface area contributed by atoms with E-state index >= 15 is 0 Å². The van der Waals surface area contributed by atoms with Gasteiger partial charge in [-0.05, 0) is 50.6 Å². The highest BCUT2D eigenvalue weighted by Crippen LogP contribution is 2.40. The number of rotatable bonds is 4. The van der Waals surface area contributed by atoms with Crippen LogP contribution in [0.4, 0.5) is 4.39 Å². The first-order valence-corrected chi connectivity index (χ1v) is 8.84. The van der Waals surface area contributed by atoms with Crippen molar-refractivity contribution in [3.8, 4) is 6.07 Å². The van der Waals surface area contributed by atoms with Crippen molar-refractivity contribution in [2.24, 2.45) is 10.7 Å². The molecule has 1 atom stereocenters. The van der Waals surface area contributed by atoms with E-state index in [-0.39, 0.29) is 23.9 Å². The van der Waals surface area contributed by atoms with Gasteiger partial charge in [0.2, 0.25) is 0 Å². The first-order chi connectivity index (χ1) is 13.1. The van der Waals surface area contributed by atoms with Gasteiger partial charge < -0.3 is 10.5 Å². The number of ether oxygens (including phenoxy) is 1. The van der Waals surface area contributed by atoms with Crippen LogP contribution in [0.1, 0.15) is 54.4 Å². The molecule has 0 saturated heterocycles. The maximum Gasteiger partial charge on any atom is 0.283 e. The topological polar surface area (TPSA) is 101 Å². The van der Waals surface area contributed by atoms with Crippen LogP contribution < -0.4 is 5.73 Å². The molecular weight excluding hydrogens is 359 g/mol. The van der Waals surface area contributed by atoms with Gasteiger partial charge in [-0.1, -0.05) is 6.07 Å². The van der Waals surface area contributed by atoms with Crippen LogP contribution in [0.25, 0.3) is 0 Å². The maximum absolute atomic E-state index is 14.6. The molecule has 0 unspecified atom stereocenters. The molecule has 1 aromatic heterocycles. The second-order valence-electron chi connectivity index (χ2n) is 7.72. The predicted molar refractivity (Wildman–Crippen MR) is 102 cm³/mol. The highest BCUT2D eigenvalue weighted by Gasteiger charge is 2.41. The van der Waals surface area contributed by atoms with Gasteiger partial charge in [0.25, 0.3) is 6.02 Å². The summed E-state index contributed by atoms with van der Waals surface area (Å²) in [5.74, 6) is -0.632. The Balaban J connectivity index is 1.90. The number of halogens is 1. The third kappa shape index (κ3) is 4.01. The van der Waals surface area contributed by atoms with E-state index in [4.69, 9.17) is 15.7 Å². The zero-order valence-corrected chi connectivity index (χ0v) is 16.0. The zero-order valence-electron chi connectivity index (χ0n) is 16.0. The molecule has 0 fully saturated rings. The first-order valence-electron chi connectivity index (χ1n) is 8.84. The number of nitrogens with two attached hydrogens (primary N) is 1. The summed E-state index contributed by atoms with van der Waals surface area (Å²) in [5, 5.41) is 8.82. The molecule has 1 aromatic carbocycles. The number of aromatic nitrogens is 1. The van der Waals surface area contributed by atoms with Crippen molar-refractivity contribution in [2.75, 3.05) is 0 Å². The van der Waals surface area contributed by atoms with Crippen molar-refractivity contribution in [3.05, 3.63) is 64.7 Å².